The second-order valence-corrected chi connectivity index (χ2v) is 20.5. The third-order valence-electron chi connectivity index (χ3n) is 12.8. The van der Waals surface area contributed by atoms with E-state index in [4.69, 9.17) is 63.1 Å². The van der Waals surface area contributed by atoms with Crippen LogP contribution in [-0.4, -0.2) is 184 Å². The van der Waals surface area contributed by atoms with Gasteiger partial charge in [-0.25, -0.2) is 4.79 Å². The highest BCUT2D eigenvalue weighted by molar-refractivity contribution is 6.00. The van der Waals surface area contributed by atoms with Crippen LogP contribution in [0.4, 0.5) is 0 Å². The molecule has 32 N–H and O–H groups in total. The molecular formula is C50H82N20O21. The molecule has 0 heterocycles. The van der Waals surface area contributed by atoms with E-state index >= 15 is 0 Å². The van der Waals surface area contributed by atoms with E-state index in [1.807, 2.05) is 0 Å². The van der Waals surface area contributed by atoms with Crippen LogP contribution in [0.1, 0.15) is 128 Å². The van der Waals surface area contributed by atoms with E-state index in [2.05, 4.69) is 47.9 Å². The van der Waals surface area contributed by atoms with Crippen molar-refractivity contribution in [2.24, 2.45) is 63.1 Å². The third kappa shape index (κ3) is 35.7. The number of hydrogen-bond acceptors (Lipinski definition) is 21. The maximum atomic E-state index is 14.2. The molecule has 0 saturated carbocycles. The zero-order valence-corrected chi connectivity index (χ0v) is 49.4. The number of hydrogen-bond donors (Lipinski definition) is 21. The summed E-state index contributed by atoms with van der Waals surface area (Å²) in [6.45, 7) is 0. The van der Waals surface area contributed by atoms with Gasteiger partial charge in [-0.1, -0.05) is 0 Å². The maximum absolute atomic E-state index is 14.2. The van der Waals surface area contributed by atoms with E-state index in [-0.39, 0.29) is 12.8 Å². The number of carboxylic acid groups (broad SMARTS) is 1. The van der Waals surface area contributed by atoms with Gasteiger partial charge < -0.3 is 116 Å². The van der Waals surface area contributed by atoms with Crippen LogP contribution < -0.4 is 111 Å². The largest absolute Gasteiger partial charge is 0.480 e. The van der Waals surface area contributed by atoms with Gasteiger partial charge in [-0.05, 0) is 64.2 Å². The van der Waals surface area contributed by atoms with E-state index in [1.54, 1.807) is 0 Å². The number of nitrogens with one attached hydrogen (secondary N) is 9. The summed E-state index contributed by atoms with van der Waals surface area (Å²) in [6.07, 6.45) is -11.9. The molecule has 0 rings (SSSR count). The number of carbonyl (C=O) groups is 20. The fourth-order valence-corrected chi connectivity index (χ4v) is 7.87. The Hall–Kier alpha value is -10.6. The minimum absolute atomic E-state index is 0.279. The summed E-state index contributed by atoms with van der Waals surface area (Å²) < 4.78 is 0. The molecule has 41 heteroatoms. The van der Waals surface area contributed by atoms with Crippen LogP contribution in [0, 0.1) is 0 Å². The Bertz CT molecular complexity index is 2730. The number of nitrogens with two attached hydrogens (primary N) is 11. The van der Waals surface area contributed by atoms with Crippen molar-refractivity contribution in [3.63, 3.8) is 0 Å². The lowest BCUT2D eigenvalue weighted by atomic mass is 10.0. The molecule has 0 aromatic heterocycles. The molecule has 0 saturated heterocycles. The molecule has 0 aliphatic rings. The quantitative estimate of drug-likeness (QED) is 0.0269. The Labute approximate surface area is 517 Å². The first-order valence-corrected chi connectivity index (χ1v) is 27.9. The molecule has 91 heavy (non-hydrogen) atoms. The van der Waals surface area contributed by atoms with Crippen molar-refractivity contribution < 1.29 is 101 Å². The van der Waals surface area contributed by atoms with Gasteiger partial charge in [0.05, 0.1) is 6.04 Å². The Morgan fingerprint density at radius 3 is 0.473 bits per heavy atom. The molecule has 0 fully saturated rings. The normalized spacial score (nSPS) is 14.0. The van der Waals surface area contributed by atoms with E-state index in [9.17, 15) is 101 Å². The van der Waals surface area contributed by atoms with Gasteiger partial charge in [0, 0.05) is 64.2 Å². The number of aliphatic carboxylic acids is 1. The van der Waals surface area contributed by atoms with Gasteiger partial charge in [0.25, 0.3) is 0 Å². The van der Waals surface area contributed by atoms with Crippen molar-refractivity contribution in [3.05, 3.63) is 0 Å². The molecule has 0 aliphatic heterocycles. The second kappa shape index (κ2) is 41.5. The van der Waals surface area contributed by atoms with Gasteiger partial charge >= 0.3 is 5.97 Å². The average Bonchev–Trinajstić information content (AvgIpc) is 1.55. The molecule has 0 spiro atoms. The summed E-state index contributed by atoms with van der Waals surface area (Å²) in [5.74, 6) is -23.1. The second-order valence-electron chi connectivity index (χ2n) is 20.5. The molecule has 10 atom stereocenters. The minimum atomic E-state index is -1.96. The van der Waals surface area contributed by atoms with Gasteiger partial charge in [0.15, 0.2) is 0 Å². The zero-order valence-electron chi connectivity index (χ0n) is 49.4. The van der Waals surface area contributed by atoms with E-state index in [1.165, 1.54) is 0 Å². The topological polar surface area (TPSA) is 756 Å². The molecule has 0 aliphatic carbocycles. The summed E-state index contributed by atoms with van der Waals surface area (Å²) in [4.78, 5) is 254. The van der Waals surface area contributed by atoms with E-state index < -0.39 is 294 Å². The van der Waals surface area contributed by atoms with Gasteiger partial charge in [-0.15, -0.1) is 0 Å². The lowest BCUT2D eigenvalue weighted by Crippen LogP contribution is -2.60. The van der Waals surface area contributed by atoms with Crippen LogP contribution in [0.5, 0.6) is 0 Å². The van der Waals surface area contributed by atoms with Crippen LogP contribution in [0.25, 0.3) is 0 Å². The first-order valence-electron chi connectivity index (χ1n) is 27.9. The average molecular weight is 1300 g/mol. The van der Waals surface area contributed by atoms with E-state index in [0.29, 0.717) is 0 Å². The molecule has 0 unspecified atom stereocenters. The Balaban J connectivity index is 7.27. The lowest BCUT2D eigenvalue weighted by Gasteiger charge is -2.28. The summed E-state index contributed by atoms with van der Waals surface area (Å²) in [5.41, 5.74) is 58.5. The Morgan fingerprint density at radius 1 is 0.209 bits per heavy atom. The molecule has 0 bridgehead atoms. The minimum Gasteiger partial charge on any atom is -0.480 e. The predicted octanol–water partition coefficient (Wildman–Crippen LogP) is -12.6. The summed E-state index contributed by atoms with van der Waals surface area (Å²) in [6, 6.07) is -18.1. The summed E-state index contributed by atoms with van der Waals surface area (Å²) in [5, 5.41) is 29.5. The number of carboxylic acids is 1. The Morgan fingerprint density at radius 2 is 0.330 bits per heavy atom. The van der Waals surface area contributed by atoms with Gasteiger partial charge in [-0.2, -0.15) is 0 Å². The Kier molecular flexibility index (Phi) is 36.6. The van der Waals surface area contributed by atoms with Crippen molar-refractivity contribution in [2.75, 3.05) is 0 Å². The molecule has 0 aromatic rings. The number of carbonyl (C=O) groups excluding carboxylic acids is 19. The fourth-order valence-electron chi connectivity index (χ4n) is 7.87. The first-order chi connectivity index (χ1) is 42.3. The van der Waals surface area contributed by atoms with E-state index in [0.717, 1.165) is 0 Å². The molecule has 41 nitrogen and oxygen atoms in total. The zero-order chi connectivity index (χ0) is 69.8. The summed E-state index contributed by atoms with van der Waals surface area (Å²) in [7, 11) is 0. The highest BCUT2D eigenvalue weighted by Crippen LogP contribution is 2.12. The number of amides is 19. The summed E-state index contributed by atoms with van der Waals surface area (Å²) >= 11 is 0. The maximum Gasteiger partial charge on any atom is 0.326 e. The van der Waals surface area contributed by atoms with Crippen LogP contribution in [0.2, 0.25) is 0 Å². The van der Waals surface area contributed by atoms with Crippen LogP contribution in [0.3, 0.4) is 0 Å². The highest BCUT2D eigenvalue weighted by atomic mass is 16.4. The highest BCUT2D eigenvalue weighted by Gasteiger charge is 2.37. The monoisotopic (exact) mass is 1300 g/mol. The standard InChI is InChI=1S/C50H82N20O21/c51-21(1-11-31(52)71)41(81)62-22(2-12-32(53)72)42(82)63-23(3-13-33(54)73)43(83)64-24(4-14-34(55)74)44(84)65-25(5-15-35(56)75)45(85)66-26(6-16-36(57)76)46(86)67-27(7-17-37(58)77)47(87)68-28(8-18-38(59)78)48(88)69-29(9-19-39(60)79)49(89)70-30(50(90)91)10-20-40(61)80/h21-30H,1-20,51H2,(H2,52,71)(H2,53,72)(H2,54,73)(H2,55,74)(H2,56,75)(H2,57,76)(H2,58,77)(H2,59,78)(H2,60,79)(H2,61,80)(H,62,81)(H,63,82)(H,64,83)(H,65,84)(H,66,85)(H,67,86)(H,68,87)(H,69,88)(H,70,89)(H,90,91)/t21-,22-,23-,24-,25-,26-,27-,28-,29-,30-/m0/s1. The van der Waals surface area contributed by atoms with Crippen molar-refractivity contribution >= 4 is 118 Å². The SMILES string of the molecule is NC(=O)CC[C@H](NC(=O)[C@H](CCC(N)=O)NC(=O)[C@H](CCC(N)=O)NC(=O)[C@H](CCC(N)=O)NC(=O)[C@H](CCC(N)=O)NC(=O)[C@H](CCC(N)=O)NC(=O)[C@H](CCC(N)=O)NC(=O)[C@H](CCC(N)=O)NC(=O)[C@H](CCC(N)=O)NC(=O)[C@@H](N)CCC(N)=O)C(=O)O. The van der Waals surface area contributed by atoms with Crippen LogP contribution in [0.15, 0.2) is 0 Å². The van der Waals surface area contributed by atoms with Gasteiger partial charge in [0.2, 0.25) is 112 Å². The number of primary amides is 10. The fraction of sp³-hybridized carbons (Fsp3) is 0.600. The first kappa shape index (κ1) is 80.4. The molecule has 0 radical (unpaired) electrons. The molecule has 19 amide bonds. The molecular weight excluding hydrogens is 1220 g/mol. The molecule has 508 valence electrons. The third-order valence-corrected chi connectivity index (χ3v) is 12.8. The van der Waals surface area contributed by atoms with Crippen LogP contribution >= 0.6 is 0 Å². The predicted molar refractivity (Wildman–Crippen MR) is 307 cm³/mol. The van der Waals surface area contributed by atoms with Crippen molar-refractivity contribution in [3.8, 4) is 0 Å². The van der Waals surface area contributed by atoms with Crippen LogP contribution in [-0.2, 0) is 95.9 Å². The number of rotatable bonds is 49. The molecule has 0 aromatic carbocycles. The smallest absolute Gasteiger partial charge is 0.326 e. The van der Waals surface area contributed by atoms with Gasteiger partial charge in [-0.3, -0.25) is 91.1 Å². The van der Waals surface area contributed by atoms with Crippen molar-refractivity contribution in [2.45, 2.75) is 189 Å². The van der Waals surface area contributed by atoms with Crippen molar-refractivity contribution in [1.82, 2.24) is 47.9 Å². The van der Waals surface area contributed by atoms with Crippen molar-refractivity contribution in [1.29, 1.82) is 0 Å². The lowest BCUT2D eigenvalue weighted by molar-refractivity contribution is -0.143. The van der Waals surface area contributed by atoms with Gasteiger partial charge in [0.1, 0.15) is 54.4 Å².